The van der Waals surface area contributed by atoms with Gasteiger partial charge >= 0.3 is 20.6 Å². The van der Waals surface area contributed by atoms with Crippen molar-refractivity contribution in [1.29, 1.82) is 0 Å². The van der Waals surface area contributed by atoms with Crippen molar-refractivity contribution < 1.29 is 25.2 Å². The van der Waals surface area contributed by atoms with E-state index in [4.69, 9.17) is 11.7 Å². The van der Waals surface area contributed by atoms with Crippen LogP contribution in [0.15, 0.2) is 36.4 Å². The minimum absolute atomic E-state index is 0.0374. The summed E-state index contributed by atoms with van der Waals surface area (Å²) in [6, 6.07) is 8.65. The van der Waals surface area contributed by atoms with Crippen molar-refractivity contribution >= 4 is 31.4 Å². The molecule has 0 aliphatic carbocycles. The zero-order valence-corrected chi connectivity index (χ0v) is 12.5. The van der Waals surface area contributed by atoms with Crippen LogP contribution in [0.5, 0.6) is 11.5 Å². The fourth-order valence-electron chi connectivity index (χ4n) is 1.61. The molecular weight excluding hydrogens is 336 g/mol. The van der Waals surface area contributed by atoms with E-state index in [0.29, 0.717) is 10.8 Å². The van der Waals surface area contributed by atoms with E-state index in [9.17, 15) is 16.8 Å². The smallest absolute Gasteiger partial charge is 0.370 e. The normalized spacial score (nSPS) is 12.3. The molecule has 0 unspecified atom stereocenters. The Hall–Kier alpha value is -1.96. The minimum atomic E-state index is -4.08. The zero-order valence-electron chi connectivity index (χ0n) is 10.9. The third-order valence-corrected chi connectivity index (χ3v) is 3.88. The molecule has 0 radical (unpaired) electrons. The third-order valence-electron chi connectivity index (χ3n) is 2.48. The monoisotopic (exact) mass is 348 g/mol. The van der Waals surface area contributed by atoms with Crippen LogP contribution < -0.4 is 29.7 Å². The van der Waals surface area contributed by atoms with Crippen LogP contribution in [0.3, 0.4) is 0 Å². The summed E-state index contributed by atoms with van der Waals surface area (Å²) in [4.78, 5) is 3.05. The Bertz CT molecular complexity index is 822. The van der Waals surface area contributed by atoms with Crippen molar-refractivity contribution in [3.05, 3.63) is 36.4 Å². The molecule has 0 fully saturated rings. The molecule has 6 N–H and O–H groups in total. The Morgan fingerprint density at radius 3 is 1.41 bits per heavy atom. The Kier molecular flexibility index (Phi) is 4.50. The van der Waals surface area contributed by atoms with E-state index >= 15 is 0 Å². The van der Waals surface area contributed by atoms with Crippen LogP contribution in [0.2, 0.25) is 0 Å². The first kappa shape index (κ1) is 16.4. The van der Waals surface area contributed by atoms with Crippen molar-refractivity contribution in [2.75, 3.05) is 0 Å². The van der Waals surface area contributed by atoms with Crippen molar-refractivity contribution in [3.8, 4) is 11.5 Å². The predicted molar refractivity (Wildman–Crippen MR) is 77.7 cm³/mol. The number of nitrogens with two attached hydrogens (primary N) is 2. The van der Waals surface area contributed by atoms with Gasteiger partial charge in [-0.25, -0.2) is 0 Å². The molecule has 0 heterocycles. The van der Waals surface area contributed by atoms with Gasteiger partial charge in [0.1, 0.15) is 11.5 Å². The van der Waals surface area contributed by atoms with Crippen molar-refractivity contribution in [2.45, 2.75) is 0 Å². The molecule has 0 aromatic heterocycles. The maximum Gasteiger partial charge on any atom is 0.395 e. The largest absolute Gasteiger partial charge is 0.395 e. The van der Waals surface area contributed by atoms with Gasteiger partial charge in [0.25, 0.3) is 0 Å². The molecule has 120 valence electrons. The van der Waals surface area contributed by atoms with Crippen LogP contribution in [-0.4, -0.2) is 16.8 Å². The molecule has 0 amide bonds. The highest BCUT2D eigenvalue weighted by molar-refractivity contribution is 7.85. The van der Waals surface area contributed by atoms with E-state index in [1.54, 1.807) is 0 Å². The van der Waals surface area contributed by atoms with Crippen molar-refractivity contribution in [2.24, 2.45) is 11.7 Å². The van der Waals surface area contributed by atoms with E-state index in [1.807, 2.05) is 0 Å². The number of rotatable bonds is 6. The number of hydrazine groups is 2. The minimum Gasteiger partial charge on any atom is -0.370 e. The summed E-state index contributed by atoms with van der Waals surface area (Å²) in [6.45, 7) is 0. The molecule has 0 aliphatic heterocycles. The zero-order chi connectivity index (χ0) is 16.4. The van der Waals surface area contributed by atoms with Gasteiger partial charge in [-0.1, -0.05) is 12.1 Å². The molecule has 10 nitrogen and oxygen atoms in total. The van der Waals surface area contributed by atoms with Crippen LogP contribution in [0.4, 0.5) is 0 Å². The highest BCUT2D eigenvalue weighted by Crippen LogP contribution is 2.26. The average Bonchev–Trinajstić information content (AvgIpc) is 2.47. The number of fused-ring (bicyclic) bond motifs is 1. The molecule has 0 saturated heterocycles. The second-order valence-electron chi connectivity index (χ2n) is 3.98. The van der Waals surface area contributed by atoms with Gasteiger partial charge in [-0.05, 0) is 35.0 Å². The lowest BCUT2D eigenvalue weighted by Gasteiger charge is -2.08. The molecule has 12 heteroatoms. The first-order valence-corrected chi connectivity index (χ1v) is 8.44. The summed E-state index contributed by atoms with van der Waals surface area (Å²) in [5, 5.41) is 1.19. The van der Waals surface area contributed by atoms with E-state index < -0.39 is 20.6 Å². The maximum atomic E-state index is 11.2. The first-order chi connectivity index (χ1) is 10.2. The van der Waals surface area contributed by atoms with Gasteiger partial charge in [0.2, 0.25) is 0 Å². The van der Waals surface area contributed by atoms with Gasteiger partial charge in [0, 0.05) is 0 Å². The Balaban J connectivity index is 2.33. The third kappa shape index (κ3) is 4.03. The van der Waals surface area contributed by atoms with Crippen LogP contribution in [0.25, 0.3) is 10.8 Å². The second kappa shape index (κ2) is 6.04. The van der Waals surface area contributed by atoms with Gasteiger partial charge < -0.3 is 8.37 Å². The molecule has 0 saturated carbocycles. The lowest BCUT2D eigenvalue weighted by Crippen LogP contribution is -2.34. The predicted octanol–water partition coefficient (Wildman–Crippen LogP) is -0.986. The molecule has 0 aliphatic rings. The number of nitrogens with one attached hydrogen (secondary N) is 2. The Morgan fingerprint density at radius 1 is 0.727 bits per heavy atom. The maximum absolute atomic E-state index is 11.2. The fourth-order valence-corrected chi connectivity index (χ4v) is 2.42. The second-order valence-corrected chi connectivity index (χ2v) is 6.60. The van der Waals surface area contributed by atoms with E-state index in [2.05, 4.69) is 8.37 Å². The van der Waals surface area contributed by atoms with Crippen molar-refractivity contribution in [1.82, 2.24) is 9.66 Å². The first-order valence-electron chi connectivity index (χ1n) is 5.62. The van der Waals surface area contributed by atoms with E-state index in [0.717, 1.165) is 0 Å². The van der Waals surface area contributed by atoms with E-state index in [-0.39, 0.29) is 11.5 Å². The SMILES string of the molecule is NNS(=O)(=O)Oc1ccc2cc(OS(=O)(=O)NN)ccc2c1. The molecule has 0 bridgehead atoms. The highest BCUT2D eigenvalue weighted by Gasteiger charge is 2.12. The van der Waals surface area contributed by atoms with Gasteiger partial charge in [-0.15, -0.1) is 9.66 Å². The number of hydrogen-bond acceptors (Lipinski definition) is 8. The molecule has 2 aromatic carbocycles. The summed E-state index contributed by atoms with van der Waals surface area (Å²) in [5.74, 6) is 9.69. The average molecular weight is 348 g/mol. The summed E-state index contributed by atoms with van der Waals surface area (Å²) in [5.41, 5.74) is 0. The summed E-state index contributed by atoms with van der Waals surface area (Å²) in [6.07, 6.45) is 0. The number of hydrogen-bond donors (Lipinski definition) is 4. The lowest BCUT2D eigenvalue weighted by atomic mass is 10.1. The van der Waals surface area contributed by atoms with Crippen molar-refractivity contribution in [3.63, 3.8) is 0 Å². The molecule has 22 heavy (non-hydrogen) atoms. The Labute approximate surface area is 126 Å². The molecule has 2 aromatic rings. The topological polar surface area (TPSA) is 163 Å². The lowest BCUT2D eigenvalue weighted by molar-refractivity contribution is 0.471. The molecule has 0 spiro atoms. The van der Waals surface area contributed by atoms with Crippen LogP contribution >= 0.6 is 0 Å². The Morgan fingerprint density at radius 2 is 1.09 bits per heavy atom. The van der Waals surface area contributed by atoms with E-state index in [1.165, 1.54) is 46.1 Å². The van der Waals surface area contributed by atoms with Gasteiger partial charge in [0.05, 0.1) is 0 Å². The summed E-state index contributed by atoms with van der Waals surface area (Å²) >= 11 is 0. The highest BCUT2D eigenvalue weighted by atomic mass is 32.2. The van der Waals surface area contributed by atoms with Crippen LogP contribution in [0, 0.1) is 0 Å². The number of benzene rings is 2. The van der Waals surface area contributed by atoms with Gasteiger partial charge in [0.15, 0.2) is 0 Å². The van der Waals surface area contributed by atoms with Crippen LogP contribution in [0.1, 0.15) is 0 Å². The van der Waals surface area contributed by atoms with Crippen LogP contribution in [-0.2, 0) is 20.6 Å². The van der Waals surface area contributed by atoms with Gasteiger partial charge in [-0.3, -0.25) is 11.7 Å². The summed E-state index contributed by atoms with van der Waals surface area (Å²) < 4.78 is 54.1. The quantitative estimate of drug-likeness (QED) is 0.382. The molecule has 0 atom stereocenters. The molecule has 2 rings (SSSR count). The fraction of sp³-hybridized carbons (Fsp3) is 0. The summed E-state index contributed by atoms with van der Waals surface area (Å²) in [7, 11) is -8.15. The standard InChI is InChI=1S/C10H12N4O6S2/c11-13-21(15,16)19-9-3-1-7-5-10(4-2-8(7)6-9)20-22(17,18)14-12/h1-6,13-14H,11-12H2. The molecular formula is C10H12N4O6S2. The van der Waals surface area contributed by atoms with Gasteiger partial charge in [-0.2, -0.15) is 16.8 Å².